The molecule has 0 spiro atoms. The van der Waals surface area contributed by atoms with E-state index in [0.717, 1.165) is 21.0 Å². The van der Waals surface area contributed by atoms with Crippen LogP contribution in [0.4, 0.5) is 0 Å². The molecule has 1 aromatic heterocycles. The smallest absolute Gasteiger partial charge is 0.228 e. The predicted molar refractivity (Wildman–Crippen MR) is 73.2 cm³/mol. The summed E-state index contributed by atoms with van der Waals surface area (Å²) in [6, 6.07) is 5.81. The molecule has 0 atom stereocenters. The first-order chi connectivity index (χ1) is 8.60. The highest BCUT2D eigenvalue weighted by atomic mass is 32.1. The van der Waals surface area contributed by atoms with Crippen molar-refractivity contribution in [1.82, 2.24) is 9.88 Å². The number of likely N-dealkylation sites (N-methyl/N-ethyl adjacent to an activating group) is 1. The van der Waals surface area contributed by atoms with Gasteiger partial charge in [0.2, 0.25) is 5.91 Å². The quantitative estimate of drug-likeness (QED) is 0.851. The van der Waals surface area contributed by atoms with Crippen molar-refractivity contribution in [3.8, 4) is 5.75 Å². The molecule has 0 saturated carbocycles. The Kier molecular flexibility index (Phi) is 3.81. The number of carbonyl (C=O) groups is 1. The number of hydrogen-bond acceptors (Lipinski definition) is 4. The largest absolute Gasteiger partial charge is 0.494 e. The van der Waals surface area contributed by atoms with Gasteiger partial charge in [-0.1, -0.05) is 0 Å². The van der Waals surface area contributed by atoms with E-state index < -0.39 is 0 Å². The van der Waals surface area contributed by atoms with E-state index in [1.807, 2.05) is 25.1 Å². The van der Waals surface area contributed by atoms with Gasteiger partial charge in [0.15, 0.2) is 0 Å². The Morgan fingerprint density at radius 2 is 2.22 bits per heavy atom. The molecule has 0 radical (unpaired) electrons. The number of nitrogens with zero attached hydrogens (tertiary/aromatic N) is 2. The Hall–Kier alpha value is -1.62. The molecular formula is C13H16N2O2S. The molecule has 1 aromatic carbocycles. The third-order valence-electron chi connectivity index (χ3n) is 2.52. The standard InChI is InChI=1S/C13H16N2O2S/c1-4-17-9-5-6-10-11(7-9)18-12(14-10)8-13(16)15(2)3/h5-7H,4,8H2,1-3H3. The lowest BCUT2D eigenvalue weighted by molar-refractivity contribution is -0.127. The highest BCUT2D eigenvalue weighted by molar-refractivity contribution is 7.18. The molecule has 4 nitrogen and oxygen atoms in total. The summed E-state index contributed by atoms with van der Waals surface area (Å²) in [5, 5.41) is 0.845. The topological polar surface area (TPSA) is 42.4 Å². The molecule has 2 rings (SSSR count). The fourth-order valence-electron chi connectivity index (χ4n) is 1.57. The van der Waals surface area contributed by atoms with Gasteiger partial charge in [0.25, 0.3) is 0 Å². The maximum Gasteiger partial charge on any atom is 0.228 e. The molecule has 0 N–H and O–H groups in total. The van der Waals surface area contributed by atoms with Crippen molar-refractivity contribution < 1.29 is 9.53 Å². The number of ether oxygens (including phenoxy) is 1. The van der Waals surface area contributed by atoms with Crippen molar-refractivity contribution in [2.24, 2.45) is 0 Å². The van der Waals surface area contributed by atoms with Gasteiger partial charge >= 0.3 is 0 Å². The average Bonchev–Trinajstić information content (AvgIpc) is 2.70. The predicted octanol–water partition coefficient (Wildman–Crippen LogP) is 2.33. The third-order valence-corrected chi connectivity index (χ3v) is 3.53. The van der Waals surface area contributed by atoms with Crippen molar-refractivity contribution in [1.29, 1.82) is 0 Å². The normalized spacial score (nSPS) is 10.6. The Bertz CT molecular complexity index is 563. The number of aromatic nitrogens is 1. The van der Waals surface area contributed by atoms with Crippen LogP contribution < -0.4 is 4.74 Å². The SMILES string of the molecule is CCOc1ccc2nc(CC(=O)N(C)C)sc2c1. The average molecular weight is 264 g/mol. The second kappa shape index (κ2) is 5.35. The van der Waals surface area contributed by atoms with Crippen LogP contribution in [0.3, 0.4) is 0 Å². The summed E-state index contributed by atoms with van der Waals surface area (Å²) in [7, 11) is 3.51. The summed E-state index contributed by atoms with van der Waals surface area (Å²) >= 11 is 1.54. The maximum absolute atomic E-state index is 11.6. The third kappa shape index (κ3) is 2.79. The van der Waals surface area contributed by atoms with E-state index >= 15 is 0 Å². The molecule has 5 heteroatoms. The van der Waals surface area contributed by atoms with Crippen LogP contribution in [0.5, 0.6) is 5.75 Å². The highest BCUT2D eigenvalue weighted by Gasteiger charge is 2.10. The van der Waals surface area contributed by atoms with Gasteiger partial charge in [-0.3, -0.25) is 4.79 Å². The second-order valence-electron chi connectivity index (χ2n) is 4.14. The van der Waals surface area contributed by atoms with E-state index in [1.165, 1.54) is 0 Å². The Morgan fingerprint density at radius 1 is 1.44 bits per heavy atom. The van der Waals surface area contributed by atoms with Crippen LogP contribution >= 0.6 is 11.3 Å². The molecular weight excluding hydrogens is 248 g/mol. The fraction of sp³-hybridized carbons (Fsp3) is 0.385. The Balaban J connectivity index is 2.24. The lowest BCUT2D eigenvalue weighted by atomic mass is 10.3. The van der Waals surface area contributed by atoms with Crippen molar-refractivity contribution in [2.75, 3.05) is 20.7 Å². The van der Waals surface area contributed by atoms with E-state index in [0.29, 0.717) is 13.0 Å². The van der Waals surface area contributed by atoms with Gasteiger partial charge in [-0.2, -0.15) is 0 Å². The molecule has 0 aliphatic rings. The number of amides is 1. The molecule has 0 aliphatic carbocycles. The van der Waals surface area contributed by atoms with E-state index in [2.05, 4.69) is 4.98 Å². The number of benzene rings is 1. The second-order valence-corrected chi connectivity index (χ2v) is 5.25. The minimum atomic E-state index is 0.0686. The molecule has 2 aromatic rings. The number of thiazole rings is 1. The first-order valence-electron chi connectivity index (χ1n) is 5.82. The van der Waals surface area contributed by atoms with E-state index in [9.17, 15) is 4.79 Å². The van der Waals surface area contributed by atoms with E-state index in [-0.39, 0.29) is 5.91 Å². The number of rotatable bonds is 4. The van der Waals surface area contributed by atoms with E-state index in [4.69, 9.17) is 4.74 Å². The highest BCUT2D eigenvalue weighted by Crippen LogP contribution is 2.26. The maximum atomic E-state index is 11.6. The minimum Gasteiger partial charge on any atom is -0.494 e. The van der Waals surface area contributed by atoms with Gasteiger partial charge in [0, 0.05) is 14.1 Å². The van der Waals surface area contributed by atoms with Gasteiger partial charge in [0.05, 0.1) is 23.2 Å². The van der Waals surface area contributed by atoms with Gasteiger partial charge in [-0.15, -0.1) is 11.3 Å². The monoisotopic (exact) mass is 264 g/mol. The van der Waals surface area contributed by atoms with Crippen molar-refractivity contribution in [2.45, 2.75) is 13.3 Å². The van der Waals surface area contributed by atoms with Crippen LogP contribution in [0, 0.1) is 0 Å². The van der Waals surface area contributed by atoms with Crippen LogP contribution in [0.2, 0.25) is 0 Å². The summed E-state index contributed by atoms with van der Waals surface area (Å²) in [6.45, 7) is 2.61. The number of fused-ring (bicyclic) bond motifs is 1. The first-order valence-corrected chi connectivity index (χ1v) is 6.64. The molecule has 0 saturated heterocycles. The zero-order valence-electron chi connectivity index (χ0n) is 10.8. The fourth-order valence-corrected chi connectivity index (χ4v) is 2.56. The molecule has 18 heavy (non-hydrogen) atoms. The van der Waals surface area contributed by atoms with Gasteiger partial charge in [0.1, 0.15) is 10.8 Å². The summed E-state index contributed by atoms with van der Waals surface area (Å²) < 4.78 is 6.50. The van der Waals surface area contributed by atoms with Crippen LogP contribution in [0.1, 0.15) is 11.9 Å². The molecule has 96 valence electrons. The van der Waals surface area contributed by atoms with Crippen LogP contribution in [-0.4, -0.2) is 36.5 Å². The van der Waals surface area contributed by atoms with Gasteiger partial charge < -0.3 is 9.64 Å². The minimum absolute atomic E-state index is 0.0686. The summed E-state index contributed by atoms with van der Waals surface area (Å²) in [4.78, 5) is 17.7. The van der Waals surface area contributed by atoms with Crippen LogP contribution in [0.25, 0.3) is 10.2 Å². The van der Waals surface area contributed by atoms with Crippen molar-refractivity contribution in [3.05, 3.63) is 23.2 Å². The zero-order valence-corrected chi connectivity index (χ0v) is 11.6. The Morgan fingerprint density at radius 3 is 2.89 bits per heavy atom. The molecule has 1 heterocycles. The molecule has 1 amide bonds. The molecule has 0 aliphatic heterocycles. The zero-order chi connectivity index (χ0) is 13.1. The molecule has 0 bridgehead atoms. The summed E-state index contributed by atoms with van der Waals surface area (Å²) in [6.07, 6.45) is 0.357. The lowest BCUT2D eigenvalue weighted by Crippen LogP contribution is -2.23. The summed E-state index contributed by atoms with van der Waals surface area (Å²) in [5.41, 5.74) is 0.921. The summed E-state index contributed by atoms with van der Waals surface area (Å²) in [5.74, 6) is 0.915. The number of hydrogen-bond donors (Lipinski definition) is 0. The van der Waals surface area contributed by atoms with Crippen molar-refractivity contribution >= 4 is 27.5 Å². The Labute approximate surface area is 110 Å². The van der Waals surface area contributed by atoms with Crippen LogP contribution in [-0.2, 0) is 11.2 Å². The lowest BCUT2D eigenvalue weighted by Gasteiger charge is -2.07. The van der Waals surface area contributed by atoms with E-state index in [1.54, 1.807) is 30.3 Å². The van der Waals surface area contributed by atoms with Gasteiger partial charge in [-0.25, -0.2) is 4.98 Å². The van der Waals surface area contributed by atoms with Crippen molar-refractivity contribution in [3.63, 3.8) is 0 Å². The van der Waals surface area contributed by atoms with Crippen LogP contribution in [0.15, 0.2) is 18.2 Å². The number of carbonyl (C=O) groups excluding carboxylic acids is 1. The molecule has 0 fully saturated rings. The van der Waals surface area contributed by atoms with Gasteiger partial charge in [-0.05, 0) is 25.1 Å². The first kappa shape index (κ1) is 12.8. The molecule has 0 unspecified atom stereocenters.